The van der Waals surface area contributed by atoms with E-state index in [2.05, 4.69) is 48.5 Å². The molecule has 2 atom stereocenters. The second-order valence-electron chi connectivity index (χ2n) is 6.18. The zero-order valence-electron chi connectivity index (χ0n) is 13.5. The number of aliphatic hydroxyl groups is 1. The summed E-state index contributed by atoms with van der Waals surface area (Å²) in [5.74, 6) is 0. The van der Waals surface area contributed by atoms with E-state index in [0.29, 0.717) is 18.7 Å². The van der Waals surface area contributed by atoms with Crippen LogP contribution in [0.4, 0.5) is 0 Å². The first-order valence-electron chi connectivity index (χ1n) is 8.34. The lowest BCUT2D eigenvalue weighted by atomic mass is 9.98. The highest BCUT2D eigenvalue weighted by atomic mass is 16.2. The lowest BCUT2D eigenvalue weighted by Crippen LogP contribution is -2.33. The molecule has 3 heteroatoms. The molecule has 1 fully saturated rings. The van der Waals surface area contributed by atoms with Crippen LogP contribution in [-0.2, 0) is 0 Å². The van der Waals surface area contributed by atoms with Crippen LogP contribution in [0.1, 0.15) is 49.3 Å². The molecule has 3 nitrogen and oxygen atoms in total. The molecule has 1 aliphatic heterocycles. The third-order valence-electron chi connectivity index (χ3n) is 4.81. The number of rotatable bonds is 8. The van der Waals surface area contributed by atoms with Gasteiger partial charge in [-0.2, -0.15) is 0 Å². The lowest BCUT2D eigenvalue weighted by Gasteiger charge is -2.27. The Morgan fingerprint density at radius 2 is 2.19 bits per heavy atom. The number of likely N-dealkylation sites (tertiary alicyclic amines) is 1. The quantitative estimate of drug-likeness (QED) is 0.773. The summed E-state index contributed by atoms with van der Waals surface area (Å²) in [6.45, 7) is 4.89. The van der Waals surface area contributed by atoms with Crippen molar-refractivity contribution in [2.24, 2.45) is 0 Å². The van der Waals surface area contributed by atoms with Gasteiger partial charge in [0.1, 0.15) is 0 Å². The second-order valence-corrected chi connectivity index (χ2v) is 6.18. The summed E-state index contributed by atoms with van der Waals surface area (Å²) >= 11 is 0. The van der Waals surface area contributed by atoms with Crippen molar-refractivity contribution in [2.45, 2.75) is 51.1 Å². The van der Waals surface area contributed by atoms with Gasteiger partial charge < -0.3 is 15.3 Å². The van der Waals surface area contributed by atoms with E-state index in [-0.39, 0.29) is 0 Å². The molecule has 0 amide bonds. The smallest absolute Gasteiger partial charge is 0.0431 e. The van der Waals surface area contributed by atoms with Gasteiger partial charge in [0.15, 0.2) is 0 Å². The molecule has 0 bridgehead atoms. The predicted octanol–water partition coefficient (Wildman–Crippen LogP) is 2.88. The van der Waals surface area contributed by atoms with Gasteiger partial charge >= 0.3 is 0 Å². The van der Waals surface area contributed by atoms with Crippen molar-refractivity contribution in [3.05, 3.63) is 35.4 Å². The number of nitrogens with zero attached hydrogens (tertiary/aromatic N) is 1. The van der Waals surface area contributed by atoms with Crippen LogP contribution in [0.25, 0.3) is 0 Å². The lowest BCUT2D eigenvalue weighted by molar-refractivity contribution is 0.208. The monoisotopic (exact) mass is 290 g/mol. The van der Waals surface area contributed by atoms with Gasteiger partial charge in [0.25, 0.3) is 0 Å². The summed E-state index contributed by atoms with van der Waals surface area (Å²) in [6, 6.07) is 9.80. The molecule has 118 valence electrons. The molecule has 1 saturated heterocycles. The number of benzene rings is 1. The number of nitrogens with one attached hydrogen (secondary N) is 1. The molecule has 21 heavy (non-hydrogen) atoms. The van der Waals surface area contributed by atoms with Crippen molar-refractivity contribution in [2.75, 3.05) is 26.7 Å². The van der Waals surface area contributed by atoms with E-state index in [1.54, 1.807) is 0 Å². The van der Waals surface area contributed by atoms with Crippen LogP contribution in [0.5, 0.6) is 0 Å². The third kappa shape index (κ3) is 4.53. The van der Waals surface area contributed by atoms with Crippen molar-refractivity contribution in [3.8, 4) is 0 Å². The maximum absolute atomic E-state index is 9.02. The summed E-state index contributed by atoms with van der Waals surface area (Å²) in [5, 5.41) is 12.5. The van der Waals surface area contributed by atoms with E-state index in [1.165, 1.54) is 30.5 Å². The van der Waals surface area contributed by atoms with E-state index in [0.717, 1.165) is 25.8 Å². The molecule has 1 aliphatic rings. The van der Waals surface area contributed by atoms with Crippen molar-refractivity contribution >= 4 is 0 Å². The average molecular weight is 290 g/mol. The van der Waals surface area contributed by atoms with Crippen LogP contribution in [0.3, 0.4) is 0 Å². The summed E-state index contributed by atoms with van der Waals surface area (Å²) in [7, 11) is 2.06. The molecule has 2 N–H and O–H groups in total. The average Bonchev–Trinajstić information content (AvgIpc) is 2.95. The van der Waals surface area contributed by atoms with Gasteiger partial charge in [-0.1, -0.05) is 24.3 Å². The van der Waals surface area contributed by atoms with Crippen LogP contribution in [-0.4, -0.2) is 42.8 Å². The topological polar surface area (TPSA) is 35.5 Å². The molecule has 1 aromatic carbocycles. The first kappa shape index (κ1) is 16.5. The van der Waals surface area contributed by atoms with Crippen molar-refractivity contribution in [1.82, 2.24) is 10.2 Å². The van der Waals surface area contributed by atoms with Gasteiger partial charge in [-0.25, -0.2) is 0 Å². The molecule has 0 aromatic heterocycles. The normalized spacial score (nSPS) is 20.8. The van der Waals surface area contributed by atoms with Gasteiger partial charge in [-0.05, 0) is 63.7 Å². The van der Waals surface area contributed by atoms with Gasteiger partial charge in [0.2, 0.25) is 0 Å². The van der Waals surface area contributed by atoms with Crippen molar-refractivity contribution in [3.63, 3.8) is 0 Å². The van der Waals surface area contributed by atoms with Crippen LogP contribution in [0.15, 0.2) is 24.3 Å². The summed E-state index contributed by atoms with van der Waals surface area (Å²) < 4.78 is 0. The van der Waals surface area contributed by atoms with Gasteiger partial charge in [0.05, 0.1) is 0 Å². The summed E-state index contributed by atoms with van der Waals surface area (Å²) in [4.78, 5) is 2.62. The number of hydrogen-bond donors (Lipinski definition) is 2. The van der Waals surface area contributed by atoms with Crippen LogP contribution < -0.4 is 5.32 Å². The Kier molecular flexibility index (Phi) is 6.68. The fourth-order valence-corrected chi connectivity index (χ4v) is 3.57. The van der Waals surface area contributed by atoms with E-state index >= 15 is 0 Å². The number of aliphatic hydroxyl groups excluding tert-OH is 1. The Labute approximate surface area is 129 Å². The molecule has 2 rings (SSSR count). The molecular formula is C18H30N2O. The van der Waals surface area contributed by atoms with Crippen molar-refractivity contribution < 1.29 is 5.11 Å². The van der Waals surface area contributed by atoms with E-state index in [4.69, 9.17) is 5.11 Å². The summed E-state index contributed by atoms with van der Waals surface area (Å²) in [6.07, 6.45) is 5.84. The van der Waals surface area contributed by atoms with Gasteiger partial charge in [0, 0.05) is 25.2 Å². The Hall–Kier alpha value is -0.900. The van der Waals surface area contributed by atoms with E-state index < -0.39 is 0 Å². The Balaban J connectivity index is 1.89. The van der Waals surface area contributed by atoms with Crippen molar-refractivity contribution in [1.29, 1.82) is 0 Å². The molecule has 1 heterocycles. The molecule has 2 unspecified atom stereocenters. The Bertz CT molecular complexity index is 421. The Morgan fingerprint density at radius 3 is 2.90 bits per heavy atom. The number of aryl methyl sites for hydroxylation is 1. The minimum atomic E-state index is 0.326. The third-order valence-corrected chi connectivity index (χ3v) is 4.81. The predicted molar refractivity (Wildman–Crippen MR) is 88.5 cm³/mol. The molecule has 1 aromatic rings. The molecule has 0 spiro atoms. The first-order chi connectivity index (χ1) is 10.3. The minimum Gasteiger partial charge on any atom is -0.396 e. The van der Waals surface area contributed by atoms with E-state index in [1.807, 2.05) is 0 Å². The maximum atomic E-state index is 9.02. The zero-order chi connectivity index (χ0) is 15.1. The van der Waals surface area contributed by atoms with Gasteiger partial charge in [-0.3, -0.25) is 0 Å². The SMILES string of the molecule is CNC(CCN1CCCC1CCCO)c1ccccc1C. The van der Waals surface area contributed by atoms with Crippen LogP contribution >= 0.6 is 0 Å². The minimum absolute atomic E-state index is 0.326. The van der Waals surface area contributed by atoms with Gasteiger partial charge in [-0.15, -0.1) is 0 Å². The second kappa shape index (κ2) is 8.52. The highest BCUT2D eigenvalue weighted by Gasteiger charge is 2.24. The highest BCUT2D eigenvalue weighted by Crippen LogP contribution is 2.25. The fraction of sp³-hybridized carbons (Fsp3) is 0.667. The largest absolute Gasteiger partial charge is 0.396 e. The molecule has 0 saturated carbocycles. The summed E-state index contributed by atoms with van der Waals surface area (Å²) in [5.41, 5.74) is 2.79. The fourth-order valence-electron chi connectivity index (χ4n) is 3.57. The molecular weight excluding hydrogens is 260 g/mol. The molecule has 0 radical (unpaired) electrons. The molecule has 0 aliphatic carbocycles. The van der Waals surface area contributed by atoms with Crippen LogP contribution in [0, 0.1) is 6.92 Å². The standard InChI is InChI=1S/C18H30N2O/c1-15-7-3-4-10-17(15)18(19-2)11-13-20-12-5-8-16(20)9-6-14-21/h3-4,7,10,16,18-19,21H,5-6,8-9,11-14H2,1-2H3. The number of hydrogen-bond acceptors (Lipinski definition) is 3. The first-order valence-corrected chi connectivity index (χ1v) is 8.34. The zero-order valence-corrected chi connectivity index (χ0v) is 13.5. The van der Waals surface area contributed by atoms with Crippen LogP contribution in [0.2, 0.25) is 0 Å². The Morgan fingerprint density at radius 1 is 1.38 bits per heavy atom. The maximum Gasteiger partial charge on any atom is 0.0431 e. The van der Waals surface area contributed by atoms with E-state index in [9.17, 15) is 0 Å². The highest BCUT2D eigenvalue weighted by molar-refractivity contribution is 5.28.